The van der Waals surface area contributed by atoms with Crippen LogP contribution in [0, 0.1) is 13.8 Å². The van der Waals surface area contributed by atoms with E-state index < -0.39 is 0 Å². The van der Waals surface area contributed by atoms with Crippen molar-refractivity contribution < 1.29 is 4.79 Å². The van der Waals surface area contributed by atoms with Crippen LogP contribution in [-0.2, 0) is 10.2 Å². The number of hydrogen-bond donors (Lipinski definition) is 1. The number of hydrogen-bond acceptors (Lipinski definition) is 2. The highest BCUT2D eigenvalue weighted by molar-refractivity contribution is 7.10. The fraction of sp³-hybridized carbons (Fsp3) is 0.389. The lowest BCUT2D eigenvalue weighted by Crippen LogP contribution is -2.37. The van der Waals surface area contributed by atoms with Crippen molar-refractivity contribution in [2.45, 2.75) is 44.9 Å². The van der Waals surface area contributed by atoms with Crippen LogP contribution in [0.25, 0.3) is 0 Å². The lowest BCUT2D eigenvalue weighted by atomic mass is 9.83. The van der Waals surface area contributed by atoms with E-state index in [2.05, 4.69) is 36.7 Å². The first-order valence-electron chi connectivity index (χ1n) is 7.55. The highest BCUT2D eigenvalue weighted by atomic mass is 32.1. The summed E-state index contributed by atoms with van der Waals surface area (Å²) >= 11 is 1.70. The van der Waals surface area contributed by atoms with Gasteiger partial charge < -0.3 is 5.32 Å². The minimum atomic E-state index is -0.315. The summed E-state index contributed by atoms with van der Waals surface area (Å²) < 4.78 is 0. The molecule has 1 heterocycles. The Morgan fingerprint density at radius 2 is 1.90 bits per heavy atom. The number of carbonyl (C=O) groups excluding carboxylic acids is 1. The van der Waals surface area contributed by atoms with Gasteiger partial charge in [0.1, 0.15) is 0 Å². The number of amides is 1. The van der Waals surface area contributed by atoms with Crippen LogP contribution in [0.3, 0.4) is 0 Å². The molecule has 0 saturated heterocycles. The van der Waals surface area contributed by atoms with Gasteiger partial charge in [-0.25, -0.2) is 0 Å². The molecule has 21 heavy (non-hydrogen) atoms. The molecule has 1 aromatic carbocycles. The summed E-state index contributed by atoms with van der Waals surface area (Å²) in [5, 5.41) is 5.26. The number of rotatable bonds is 3. The van der Waals surface area contributed by atoms with E-state index in [0.29, 0.717) is 0 Å². The standard InChI is InChI=1S/C18H21NOS/c1-13-7-5-8-15(14(13)2)19-17(20)18(10-3-4-11-18)16-9-6-12-21-16/h5-9,12H,3-4,10-11H2,1-2H3,(H,19,20). The Kier molecular flexibility index (Phi) is 3.85. The maximum atomic E-state index is 13.0. The average Bonchev–Trinajstić information content (AvgIpc) is 3.14. The van der Waals surface area contributed by atoms with E-state index in [9.17, 15) is 4.79 Å². The van der Waals surface area contributed by atoms with Crippen molar-refractivity contribution in [3.63, 3.8) is 0 Å². The maximum absolute atomic E-state index is 13.0. The van der Waals surface area contributed by atoms with Crippen molar-refractivity contribution in [2.75, 3.05) is 5.32 Å². The first-order chi connectivity index (χ1) is 10.1. The summed E-state index contributed by atoms with van der Waals surface area (Å²) in [5.74, 6) is 0.163. The van der Waals surface area contributed by atoms with E-state index >= 15 is 0 Å². The number of aryl methyl sites for hydroxylation is 1. The Morgan fingerprint density at radius 1 is 1.14 bits per heavy atom. The third kappa shape index (κ3) is 2.51. The highest BCUT2D eigenvalue weighted by Gasteiger charge is 2.43. The lowest BCUT2D eigenvalue weighted by molar-refractivity contribution is -0.121. The van der Waals surface area contributed by atoms with Crippen molar-refractivity contribution in [3.05, 3.63) is 51.7 Å². The Bertz CT molecular complexity index is 639. The van der Waals surface area contributed by atoms with E-state index in [1.165, 1.54) is 10.4 Å². The zero-order valence-corrected chi connectivity index (χ0v) is 13.4. The average molecular weight is 299 g/mol. The Labute approximate surface area is 130 Å². The van der Waals surface area contributed by atoms with E-state index in [1.54, 1.807) is 11.3 Å². The molecule has 0 unspecified atom stereocenters. The minimum Gasteiger partial charge on any atom is -0.325 e. The maximum Gasteiger partial charge on any atom is 0.235 e. The Balaban J connectivity index is 1.91. The number of anilines is 1. The molecule has 2 aromatic rings. The van der Waals surface area contributed by atoms with E-state index in [0.717, 1.165) is 36.9 Å². The number of benzene rings is 1. The molecule has 0 radical (unpaired) electrons. The van der Waals surface area contributed by atoms with Gasteiger partial charge in [-0.15, -0.1) is 11.3 Å². The van der Waals surface area contributed by atoms with Crippen LogP contribution in [0.15, 0.2) is 35.7 Å². The van der Waals surface area contributed by atoms with E-state index in [-0.39, 0.29) is 11.3 Å². The van der Waals surface area contributed by atoms with Gasteiger partial charge >= 0.3 is 0 Å². The van der Waals surface area contributed by atoms with Crippen molar-refractivity contribution >= 4 is 22.9 Å². The van der Waals surface area contributed by atoms with Crippen LogP contribution in [0.4, 0.5) is 5.69 Å². The van der Waals surface area contributed by atoms with Crippen LogP contribution in [-0.4, -0.2) is 5.91 Å². The van der Waals surface area contributed by atoms with Gasteiger partial charge in [0.05, 0.1) is 5.41 Å². The fourth-order valence-electron chi connectivity index (χ4n) is 3.24. The summed E-state index contributed by atoms with van der Waals surface area (Å²) in [7, 11) is 0. The molecule has 3 rings (SSSR count). The number of carbonyl (C=O) groups is 1. The largest absolute Gasteiger partial charge is 0.325 e. The van der Waals surface area contributed by atoms with E-state index in [4.69, 9.17) is 0 Å². The zero-order valence-electron chi connectivity index (χ0n) is 12.6. The SMILES string of the molecule is Cc1cccc(NC(=O)C2(c3cccs3)CCCC2)c1C. The summed E-state index contributed by atoms with van der Waals surface area (Å²) in [5.41, 5.74) is 3.00. The number of nitrogens with one attached hydrogen (secondary N) is 1. The van der Waals surface area contributed by atoms with Crippen LogP contribution in [0.5, 0.6) is 0 Å². The second-order valence-electron chi connectivity index (χ2n) is 5.97. The van der Waals surface area contributed by atoms with Gasteiger partial charge in [-0.2, -0.15) is 0 Å². The molecule has 1 aliphatic carbocycles. The first-order valence-corrected chi connectivity index (χ1v) is 8.43. The van der Waals surface area contributed by atoms with Crippen molar-refractivity contribution in [3.8, 4) is 0 Å². The predicted octanol–water partition coefficient (Wildman–Crippen LogP) is 4.82. The van der Waals surface area contributed by atoms with Crippen LogP contribution in [0.2, 0.25) is 0 Å². The van der Waals surface area contributed by atoms with Gasteiger partial charge in [0.25, 0.3) is 0 Å². The summed E-state index contributed by atoms with van der Waals surface area (Å²) in [6, 6.07) is 10.2. The van der Waals surface area contributed by atoms with Gasteiger partial charge in [-0.3, -0.25) is 4.79 Å². The monoisotopic (exact) mass is 299 g/mol. The van der Waals surface area contributed by atoms with Gasteiger partial charge in [0.2, 0.25) is 5.91 Å². The van der Waals surface area contributed by atoms with Crippen molar-refractivity contribution in [1.82, 2.24) is 0 Å². The molecule has 2 nitrogen and oxygen atoms in total. The third-order valence-electron chi connectivity index (χ3n) is 4.74. The Morgan fingerprint density at radius 3 is 2.57 bits per heavy atom. The zero-order chi connectivity index (χ0) is 14.9. The van der Waals surface area contributed by atoms with Crippen LogP contribution < -0.4 is 5.32 Å². The molecule has 1 aliphatic rings. The molecule has 0 spiro atoms. The van der Waals surface area contributed by atoms with Crippen molar-refractivity contribution in [2.24, 2.45) is 0 Å². The second-order valence-corrected chi connectivity index (χ2v) is 6.92. The molecule has 3 heteroatoms. The summed E-state index contributed by atoms with van der Waals surface area (Å²) in [6.45, 7) is 4.15. The predicted molar refractivity (Wildman–Crippen MR) is 89.0 cm³/mol. The van der Waals surface area contributed by atoms with Gasteiger partial charge in [-0.1, -0.05) is 31.0 Å². The van der Waals surface area contributed by atoms with E-state index in [1.807, 2.05) is 18.2 Å². The quantitative estimate of drug-likeness (QED) is 0.865. The smallest absolute Gasteiger partial charge is 0.235 e. The first kappa shape index (κ1) is 14.3. The molecule has 1 saturated carbocycles. The third-order valence-corrected chi connectivity index (χ3v) is 5.81. The molecule has 110 valence electrons. The number of thiophene rings is 1. The van der Waals surface area contributed by atoms with Crippen molar-refractivity contribution in [1.29, 1.82) is 0 Å². The van der Waals surface area contributed by atoms with Crippen LogP contribution in [0.1, 0.15) is 41.7 Å². The van der Waals surface area contributed by atoms with Crippen LogP contribution >= 0.6 is 11.3 Å². The summed E-state index contributed by atoms with van der Waals surface area (Å²) in [6.07, 6.45) is 4.20. The van der Waals surface area contributed by atoms with Gasteiger partial charge in [0.15, 0.2) is 0 Å². The second kappa shape index (κ2) is 5.64. The highest BCUT2D eigenvalue weighted by Crippen LogP contribution is 2.44. The Hall–Kier alpha value is -1.61. The minimum absolute atomic E-state index is 0.163. The molecule has 0 bridgehead atoms. The fourth-order valence-corrected chi connectivity index (χ4v) is 4.23. The topological polar surface area (TPSA) is 29.1 Å². The van der Waals surface area contributed by atoms with Gasteiger partial charge in [0, 0.05) is 10.6 Å². The molecule has 1 amide bonds. The van der Waals surface area contributed by atoms with Gasteiger partial charge in [-0.05, 0) is 55.3 Å². The molecule has 1 N–H and O–H groups in total. The normalized spacial score (nSPS) is 16.9. The molecule has 1 aromatic heterocycles. The molecule has 0 atom stereocenters. The summed E-state index contributed by atoms with van der Waals surface area (Å²) in [4.78, 5) is 14.2. The lowest BCUT2D eigenvalue weighted by Gasteiger charge is -2.27. The molecule has 1 fully saturated rings. The molecule has 0 aliphatic heterocycles. The molecular weight excluding hydrogens is 278 g/mol. The molecular formula is C18H21NOS.